The van der Waals surface area contributed by atoms with Gasteiger partial charge in [-0.05, 0) is 31.0 Å². The summed E-state index contributed by atoms with van der Waals surface area (Å²) >= 11 is 0. The molecule has 1 amide bonds. The normalized spacial score (nSPS) is 21.1. The van der Waals surface area contributed by atoms with E-state index in [-0.39, 0.29) is 17.9 Å². The van der Waals surface area contributed by atoms with Crippen LogP contribution >= 0.6 is 0 Å². The maximum Gasteiger partial charge on any atom is 0.254 e. The summed E-state index contributed by atoms with van der Waals surface area (Å²) in [6, 6.07) is 16.2. The molecule has 0 saturated carbocycles. The van der Waals surface area contributed by atoms with Gasteiger partial charge in [-0.15, -0.1) is 0 Å². The molecule has 3 heteroatoms. The first-order valence-corrected chi connectivity index (χ1v) is 7.73. The Labute approximate surface area is 131 Å². The van der Waals surface area contributed by atoms with Crippen molar-refractivity contribution in [2.75, 3.05) is 13.1 Å². The molecular formula is C19H22N2O. The topological polar surface area (TPSA) is 46.3 Å². The summed E-state index contributed by atoms with van der Waals surface area (Å²) in [4.78, 5) is 14.7. The van der Waals surface area contributed by atoms with Crippen molar-refractivity contribution in [1.29, 1.82) is 0 Å². The van der Waals surface area contributed by atoms with E-state index < -0.39 is 0 Å². The van der Waals surface area contributed by atoms with Crippen molar-refractivity contribution in [2.45, 2.75) is 25.8 Å². The molecule has 0 aliphatic carbocycles. The molecule has 1 aliphatic rings. The number of aryl methyl sites for hydroxylation is 2. The van der Waals surface area contributed by atoms with Crippen molar-refractivity contribution in [3.05, 3.63) is 70.8 Å². The van der Waals surface area contributed by atoms with Gasteiger partial charge in [-0.25, -0.2) is 0 Å². The lowest BCUT2D eigenvalue weighted by atomic mass is 9.95. The molecule has 2 atom stereocenters. The van der Waals surface area contributed by atoms with Gasteiger partial charge < -0.3 is 10.6 Å². The van der Waals surface area contributed by atoms with E-state index in [0.717, 1.165) is 11.1 Å². The number of likely N-dealkylation sites (tertiary alicyclic amines) is 1. The first kappa shape index (κ1) is 14.8. The summed E-state index contributed by atoms with van der Waals surface area (Å²) in [5.74, 6) is 0.308. The van der Waals surface area contributed by atoms with Crippen LogP contribution in [-0.4, -0.2) is 29.9 Å². The van der Waals surface area contributed by atoms with E-state index in [4.69, 9.17) is 5.73 Å². The Morgan fingerprint density at radius 2 is 1.82 bits per heavy atom. The van der Waals surface area contributed by atoms with Gasteiger partial charge in [-0.3, -0.25) is 4.79 Å². The summed E-state index contributed by atoms with van der Waals surface area (Å²) < 4.78 is 0. The van der Waals surface area contributed by atoms with E-state index in [0.29, 0.717) is 13.1 Å². The van der Waals surface area contributed by atoms with Crippen LogP contribution in [0.15, 0.2) is 48.5 Å². The number of carbonyl (C=O) groups is 1. The van der Waals surface area contributed by atoms with Gasteiger partial charge in [-0.2, -0.15) is 0 Å². The molecule has 3 nitrogen and oxygen atoms in total. The largest absolute Gasteiger partial charge is 0.336 e. The monoisotopic (exact) mass is 294 g/mol. The smallest absolute Gasteiger partial charge is 0.254 e. The molecule has 2 aromatic rings. The van der Waals surface area contributed by atoms with E-state index in [1.165, 1.54) is 11.1 Å². The Morgan fingerprint density at radius 3 is 2.50 bits per heavy atom. The molecule has 0 bridgehead atoms. The minimum absolute atomic E-state index is 0.00268. The van der Waals surface area contributed by atoms with Crippen LogP contribution in [0.5, 0.6) is 0 Å². The molecule has 1 aliphatic heterocycles. The Kier molecular flexibility index (Phi) is 3.99. The number of nitrogens with two attached hydrogens (primary N) is 1. The molecule has 3 rings (SSSR count). The molecule has 2 N–H and O–H groups in total. The molecule has 114 valence electrons. The first-order valence-electron chi connectivity index (χ1n) is 7.73. The van der Waals surface area contributed by atoms with Gasteiger partial charge in [0.05, 0.1) is 0 Å². The van der Waals surface area contributed by atoms with Crippen LogP contribution in [-0.2, 0) is 0 Å². The minimum Gasteiger partial charge on any atom is -0.336 e. The van der Waals surface area contributed by atoms with Gasteiger partial charge in [0.15, 0.2) is 0 Å². The molecule has 2 aromatic carbocycles. The molecule has 1 fully saturated rings. The second-order valence-electron chi connectivity index (χ2n) is 6.21. The zero-order chi connectivity index (χ0) is 15.7. The van der Waals surface area contributed by atoms with Gasteiger partial charge in [-0.1, -0.05) is 48.0 Å². The summed E-state index contributed by atoms with van der Waals surface area (Å²) in [6.45, 7) is 5.34. The van der Waals surface area contributed by atoms with Crippen LogP contribution in [0.4, 0.5) is 0 Å². The zero-order valence-electron chi connectivity index (χ0n) is 13.1. The van der Waals surface area contributed by atoms with Crippen molar-refractivity contribution < 1.29 is 4.79 Å². The van der Waals surface area contributed by atoms with E-state index in [1.807, 2.05) is 49.1 Å². The predicted octanol–water partition coefficient (Wildman–Crippen LogP) is 2.87. The predicted molar refractivity (Wildman–Crippen MR) is 89.0 cm³/mol. The number of amides is 1. The fourth-order valence-electron chi connectivity index (χ4n) is 3.27. The van der Waals surface area contributed by atoms with Crippen LogP contribution in [0, 0.1) is 13.8 Å². The lowest BCUT2D eigenvalue weighted by Crippen LogP contribution is -2.32. The van der Waals surface area contributed by atoms with Crippen LogP contribution in [0.1, 0.15) is 33.0 Å². The fourth-order valence-corrected chi connectivity index (χ4v) is 3.27. The van der Waals surface area contributed by atoms with Gasteiger partial charge in [0, 0.05) is 30.6 Å². The standard InChI is InChI=1S/C19H22N2O/c1-13-8-9-16(14(2)10-13)19(22)21-11-17(18(20)12-21)15-6-4-3-5-7-15/h3-10,17-18H,11-12,20H2,1-2H3/t17-,18+/m0/s1. The van der Waals surface area contributed by atoms with Gasteiger partial charge in [0.1, 0.15) is 0 Å². The number of hydrogen-bond acceptors (Lipinski definition) is 2. The number of carbonyl (C=O) groups excluding carboxylic acids is 1. The van der Waals surface area contributed by atoms with Gasteiger partial charge in [0.2, 0.25) is 0 Å². The molecule has 0 radical (unpaired) electrons. The maximum absolute atomic E-state index is 12.8. The Morgan fingerprint density at radius 1 is 1.09 bits per heavy atom. The third-order valence-corrected chi connectivity index (χ3v) is 4.49. The maximum atomic E-state index is 12.8. The molecule has 22 heavy (non-hydrogen) atoms. The molecule has 0 aromatic heterocycles. The number of nitrogens with zero attached hydrogens (tertiary/aromatic N) is 1. The Hall–Kier alpha value is -2.13. The number of rotatable bonds is 2. The highest BCUT2D eigenvalue weighted by Crippen LogP contribution is 2.28. The van der Waals surface area contributed by atoms with Crippen LogP contribution < -0.4 is 5.73 Å². The van der Waals surface area contributed by atoms with E-state index in [2.05, 4.69) is 18.2 Å². The molecule has 0 spiro atoms. The average molecular weight is 294 g/mol. The van der Waals surface area contributed by atoms with E-state index >= 15 is 0 Å². The van der Waals surface area contributed by atoms with Crippen molar-refractivity contribution in [3.63, 3.8) is 0 Å². The Bertz CT molecular complexity index is 681. The zero-order valence-corrected chi connectivity index (χ0v) is 13.1. The number of benzene rings is 2. The van der Waals surface area contributed by atoms with Crippen molar-refractivity contribution in [2.24, 2.45) is 5.73 Å². The Balaban J connectivity index is 1.81. The highest BCUT2D eigenvalue weighted by molar-refractivity contribution is 5.96. The summed E-state index contributed by atoms with van der Waals surface area (Å²) in [7, 11) is 0. The quantitative estimate of drug-likeness (QED) is 0.925. The van der Waals surface area contributed by atoms with Gasteiger partial charge in [0.25, 0.3) is 5.91 Å². The van der Waals surface area contributed by atoms with E-state index in [1.54, 1.807) is 0 Å². The third kappa shape index (κ3) is 2.77. The van der Waals surface area contributed by atoms with Crippen molar-refractivity contribution >= 4 is 5.91 Å². The van der Waals surface area contributed by atoms with Crippen LogP contribution in [0.25, 0.3) is 0 Å². The summed E-state index contributed by atoms with van der Waals surface area (Å²) in [6.07, 6.45) is 0. The number of hydrogen-bond donors (Lipinski definition) is 1. The van der Waals surface area contributed by atoms with Gasteiger partial charge >= 0.3 is 0 Å². The summed E-state index contributed by atoms with van der Waals surface area (Å²) in [5, 5.41) is 0. The summed E-state index contributed by atoms with van der Waals surface area (Å²) in [5.41, 5.74) is 10.5. The minimum atomic E-state index is -0.00268. The lowest BCUT2D eigenvalue weighted by molar-refractivity contribution is 0.0788. The lowest BCUT2D eigenvalue weighted by Gasteiger charge is -2.18. The highest BCUT2D eigenvalue weighted by atomic mass is 16.2. The second-order valence-corrected chi connectivity index (χ2v) is 6.21. The van der Waals surface area contributed by atoms with Crippen LogP contribution in [0.2, 0.25) is 0 Å². The third-order valence-electron chi connectivity index (χ3n) is 4.49. The average Bonchev–Trinajstić information content (AvgIpc) is 2.89. The van der Waals surface area contributed by atoms with Crippen LogP contribution in [0.3, 0.4) is 0 Å². The first-order chi connectivity index (χ1) is 10.6. The van der Waals surface area contributed by atoms with Crippen molar-refractivity contribution in [3.8, 4) is 0 Å². The molecular weight excluding hydrogens is 272 g/mol. The van der Waals surface area contributed by atoms with E-state index in [9.17, 15) is 4.79 Å². The molecule has 1 saturated heterocycles. The SMILES string of the molecule is Cc1ccc(C(=O)N2C[C@@H](N)[C@H](c3ccccc3)C2)c(C)c1. The molecule has 1 heterocycles. The molecule has 0 unspecified atom stereocenters. The second kappa shape index (κ2) is 5.93. The van der Waals surface area contributed by atoms with Crippen molar-refractivity contribution in [1.82, 2.24) is 4.90 Å². The fraction of sp³-hybridized carbons (Fsp3) is 0.316. The highest BCUT2D eigenvalue weighted by Gasteiger charge is 2.34.